The topological polar surface area (TPSA) is 52.5 Å². The van der Waals surface area contributed by atoms with Crippen LogP contribution in [0.4, 0.5) is 0 Å². The molecule has 0 radical (unpaired) electrons. The van der Waals surface area contributed by atoms with Gasteiger partial charge in [-0.05, 0) is 30.9 Å². The van der Waals surface area contributed by atoms with Crippen molar-refractivity contribution in [1.82, 2.24) is 5.32 Å². The SMILES string of the molecule is CSCC(CCO)NCc1cc(Cl)ccc1O. The van der Waals surface area contributed by atoms with Gasteiger partial charge in [-0.25, -0.2) is 0 Å². The number of phenolic OH excluding ortho intramolecular Hbond substituents is 1. The minimum absolute atomic E-state index is 0.166. The van der Waals surface area contributed by atoms with Crippen LogP contribution in [0.5, 0.6) is 5.75 Å². The summed E-state index contributed by atoms with van der Waals surface area (Å²) in [5, 5.41) is 22.5. The number of phenols is 1. The summed E-state index contributed by atoms with van der Waals surface area (Å²) in [6.07, 6.45) is 2.74. The van der Waals surface area contributed by atoms with Gasteiger partial charge in [0.25, 0.3) is 0 Å². The summed E-state index contributed by atoms with van der Waals surface area (Å²) in [7, 11) is 0. The molecule has 17 heavy (non-hydrogen) atoms. The molecule has 1 unspecified atom stereocenters. The molecule has 0 bridgehead atoms. The van der Waals surface area contributed by atoms with Gasteiger partial charge in [-0.1, -0.05) is 11.6 Å². The van der Waals surface area contributed by atoms with Crippen LogP contribution in [0.15, 0.2) is 18.2 Å². The van der Waals surface area contributed by atoms with Crippen LogP contribution in [-0.4, -0.2) is 34.9 Å². The van der Waals surface area contributed by atoms with Crippen LogP contribution in [0.2, 0.25) is 5.02 Å². The van der Waals surface area contributed by atoms with Crippen LogP contribution >= 0.6 is 23.4 Å². The third kappa shape index (κ3) is 5.17. The molecule has 1 atom stereocenters. The summed E-state index contributed by atoms with van der Waals surface area (Å²) in [6.45, 7) is 0.720. The third-order valence-corrected chi connectivity index (χ3v) is 3.44. The first-order chi connectivity index (χ1) is 8.17. The lowest BCUT2D eigenvalue weighted by Gasteiger charge is -2.17. The number of benzene rings is 1. The molecule has 3 N–H and O–H groups in total. The molecule has 0 spiro atoms. The van der Waals surface area contributed by atoms with E-state index in [2.05, 4.69) is 5.32 Å². The number of aromatic hydroxyl groups is 1. The lowest BCUT2D eigenvalue weighted by Crippen LogP contribution is -2.31. The van der Waals surface area contributed by atoms with Gasteiger partial charge in [-0.3, -0.25) is 0 Å². The average Bonchev–Trinajstić information content (AvgIpc) is 2.30. The number of aliphatic hydroxyl groups is 1. The largest absolute Gasteiger partial charge is 0.508 e. The van der Waals surface area contributed by atoms with Gasteiger partial charge in [0.15, 0.2) is 0 Å². The van der Waals surface area contributed by atoms with E-state index in [-0.39, 0.29) is 18.4 Å². The zero-order valence-electron chi connectivity index (χ0n) is 9.82. The van der Waals surface area contributed by atoms with Crippen LogP contribution < -0.4 is 5.32 Å². The summed E-state index contributed by atoms with van der Waals surface area (Å²) < 4.78 is 0. The van der Waals surface area contributed by atoms with Crippen molar-refractivity contribution in [1.29, 1.82) is 0 Å². The summed E-state index contributed by atoms with van der Waals surface area (Å²) in [5.41, 5.74) is 0.779. The van der Waals surface area contributed by atoms with Crippen molar-refractivity contribution in [2.24, 2.45) is 0 Å². The fraction of sp³-hybridized carbons (Fsp3) is 0.500. The van der Waals surface area contributed by atoms with Crippen molar-refractivity contribution in [3.8, 4) is 5.75 Å². The zero-order valence-corrected chi connectivity index (χ0v) is 11.4. The van der Waals surface area contributed by atoms with Gasteiger partial charge in [-0.15, -0.1) is 0 Å². The summed E-state index contributed by atoms with van der Waals surface area (Å²) in [6, 6.07) is 5.25. The molecule has 0 amide bonds. The van der Waals surface area contributed by atoms with Crippen molar-refractivity contribution in [2.75, 3.05) is 18.6 Å². The lowest BCUT2D eigenvalue weighted by atomic mass is 10.1. The smallest absolute Gasteiger partial charge is 0.120 e. The second kappa shape index (κ2) is 7.82. The highest BCUT2D eigenvalue weighted by Gasteiger charge is 2.08. The van der Waals surface area contributed by atoms with Crippen molar-refractivity contribution < 1.29 is 10.2 Å². The first-order valence-electron chi connectivity index (χ1n) is 5.48. The monoisotopic (exact) mass is 275 g/mol. The van der Waals surface area contributed by atoms with Crippen LogP contribution in [0, 0.1) is 0 Å². The molecule has 1 aromatic rings. The van der Waals surface area contributed by atoms with E-state index in [1.165, 1.54) is 0 Å². The van der Waals surface area contributed by atoms with Crippen molar-refractivity contribution in [3.05, 3.63) is 28.8 Å². The molecule has 1 aromatic carbocycles. The predicted octanol–water partition coefficient (Wildman–Crippen LogP) is 2.25. The van der Waals surface area contributed by atoms with Gasteiger partial charge >= 0.3 is 0 Å². The highest BCUT2D eigenvalue weighted by Crippen LogP contribution is 2.21. The molecule has 0 aromatic heterocycles. The van der Waals surface area contributed by atoms with Crippen molar-refractivity contribution in [3.63, 3.8) is 0 Å². The number of rotatable bonds is 7. The molecule has 0 saturated carbocycles. The maximum Gasteiger partial charge on any atom is 0.120 e. The molecular formula is C12H18ClNO2S. The van der Waals surface area contributed by atoms with E-state index in [9.17, 15) is 5.11 Å². The van der Waals surface area contributed by atoms with E-state index in [0.29, 0.717) is 18.0 Å². The molecule has 96 valence electrons. The summed E-state index contributed by atoms with van der Waals surface area (Å²) in [4.78, 5) is 0. The van der Waals surface area contributed by atoms with Gasteiger partial charge in [0.05, 0.1) is 0 Å². The summed E-state index contributed by atoms with van der Waals surface area (Å²) >= 11 is 7.60. The molecule has 0 aliphatic rings. The van der Waals surface area contributed by atoms with Gasteiger partial charge in [0.1, 0.15) is 5.75 Å². The van der Waals surface area contributed by atoms with Crippen molar-refractivity contribution in [2.45, 2.75) is 19.0 Å². The Kier molecular flexibility index (Phi) is 6.73. The molecule has 0 aliphatic heterocycles. The zero-order chi connectivity index (χ0) is 12.7. The Bertz CT molecular complexity index is 343. The molecular weight excluding hydrogens is 258 g/mol. The average molecular weight is 276 g/mol. The molecule has 0 saturated heterocycles. The third-order valence-electron chi connectivity index (χ3n) is 2.47. The van der Waals surface area contributed by atoms with E-state index in [1.807, 2.05) is 6.26 Å². The molecule has 0 heterocycles. The lowest BCUT2D eigenvalue weighted by molar-refractivity contribution is 0.269. The molecule has 1 rings (SSSR count). The second-order valence-corrected chi connectivity index (χ2v) is 5.17. The van der Waals surface area contributed by atoms with E-state index >= 15 is 0 Å². The Morgan fingerprint density at radius 3 is 2.88 bits per heavy atom. The van der Waals surface area contributed by atoms with Crippen LogP contribution in [0.1, 0.15) is 12.0 Å². The van der Waals surface area contributed by atoms with Gasteiger partial charge < -0.3 is 15.5 Å². The number of hydrogen-bond acceptors (Lipinski definition) is 4. The first-order valence-corrected chi connectivity index (χ1v) is 7.25. The maximum absolute atomic E-state index is 9.65. The van der Waals surface area contributed by atoms with E-state index < -0.39 is 0 Å². The number of hydrogen-bond donors (Lipinski definition) is 3. The second-order valence-electron chi connectivity index (χ2n) is 3.82. The minimum atomic E-state index is 0.166. The van der Waals surface area contributed by atoms with E-state index in [4.69, 9.17) is 16.7 Å². The van der Waals surface area contributed by atoms with Crippen LogP contribution in [-0.2, 0) is 6.54 Å². The van der Waals surface area contributed by atoms with Gasteiger partial charge in [0, 0.05) is 35.5 Å². The number of halogens is 1. The van der Waals surface area contributed by atoms with Gasteiger partial charge in [0.2, 0.25) is 0 Å². The van der Waals surface area contributed by atoms with Crippen LogP contribution in [0.3, 0.4) is 0 Å². The number of aliphatic hydroxyl groups excluding tert-OH is 1. The fourth-order valence-electron chi connectivity index (χ4n) is 1.55. The van der Waals surface area contributed by atoms with Crippen LogP contribution in [0.25, 0.3) is 0 Å². The molecule has 0 aliphatic carbocycles. The molecule has 5 heteroatoms. The van der Waals surface area contributed by atoms with E-state index in [1.54, 1.807) is 30.0 Å². The number of thioether (sulfide) groups is 1. The predicted molar refractivity (Wildman–Crippen MR) is 73.8 cm³/mol. The standard InChI is InChI=1S/C12H18ClNO2S/c1-17-8-11(4-5-15)14-7-9-6-10(13)2-3-12(9)16/h2-3,6,11,14-16H,4-5,7-8H2,1H3. The Hall–Kier alpha value is -0.420. The summed E-state index contributed by atoms with van der Waals surface area (Å²) in [5.74, 6) is 1.18. The van der Waals surface area contributed by atoms with Gasteiger partial charge in [-0.2, -0.15) is 11.8 Å². The molecule has 3 nitrogen and oxygen atoms in total. The normalized spacial score (nSPS) is 12.6. The highest BCUT2D eigenvalue weighted by atomic mass is 35.5. The fourth-order valence-corrected chi connectivity index (χ4v) is 2.43. The Morgan fingerprint density at radius 2 is 2.24 bits per heavy atom. The highest BCUT2D eigenvalue weighted by molar-refractivity contribution is 7.98. The van der Waals surface area contributed by atoms with Crippen molar-refractivity contribution >= 4 is 23.4 Å². The maximum atomic E-state index is 9.65. The van der Waals surface area contributed by atoms with E-state index in [0.717, 1.165) is 11.3 Å². The minimum Gasteiger partial charge on any atom is -0.508 e. The Labute approximate surface area is 111 Å². The Balaban J connectivity index is 2.55. The Morgan fingerprint density at radius 1 is 1.47 bits per heavy atom. The molecule has 0 fully saturated rings. The number of nitrogens with one attached hydrogen (secondary N) is 1. The first kappa shape index (κ1) is 14.6. The quantitative estimate of drug-likeness (QED) is 0.714.